The number of rotatable bonds is 9. The van der Waals surface area contributed by atoms with Gasteiger partial charge in [-0.3, -0.25) is 9.59 Å². The van der Waals surface area contributed by atoms with Gasteiger partial charge in [-0.1, -0.05) is 41.9 Å². The lowest BCUT2D eigenvalue weighted by molar-refractivity contribution is -0.142. The van der Waals surface area contributed by atoms with Crippen molar-refractivity contribution < 1.29 is 19.1 Å². The number of hydrogen-bond acceptors (Lipinski definition) is 4. The number of halogens is 1. The first-order valence-corrected chi connectivity index (χ1v) is 8.73. The van der Waals surface area contributed by atoms with Crippen molar-refractivity contribution in [1.82, 2.24) is 4.90 Å². The molecule has 5 nitrogen and oxygen atoms in total. The lowest BCUT2D eigenvalue weighted by atomic mass is 10.1. The van der Waals surface area contributed by atoms with Gasteiger partial charge in [0.25, 0.3) is 5.91 Å². The van der Waals surface area contributed by atoms with Gasteiger partial charge in [-0.15, -0.1) is 0 Å². The first-order chi connectivity index (χ1) is 12.6. The van der Waals surface area contributed by atoms with Crippen LogP contribution in [-0.2, 0) is 20.7 Å². The first-order valence-electron chi connectivity index (χ1n) is 8.35. The summed E-state index contributed by atoms with van der Waals surface area (Å²) in [6.07, 6.45) is 0.854. The molecule has 0 saturated heterocycles. The molecule has 138 valence electrons. The molecule has 0 aliphatic carbocycles. The van der Waals surface area contributed by atoms with Crippen LogP contribution < -0.4 is 4.74 Å². The summed E-state index contributed by atoms with van der Waals surface area (Å²) in [6.45, 7) is 0.698. The van der Waals surface area contributed by atoms with Gasteiger partial charge in [0.2, 0.25) is 0 Å². The highest BCUT2D eigenvalue weighted by molar-refractivity contribution is 6.30. The minimum atomic E-state index is -0.346. The average molecular weight is 376 g/mol. The maximum absolute atomic E-state index is 12.5. The van der Waals surface area contributed by atoms with Crippen molar-refractivity contribution in [3.05, 3.63) is 65.2 Å². The van der Waals surface area contributed by atoms with Gasteiger partial charge in [-0.2, -0.15) is 0 Å². The average Bonchev–Trinajstić information content (AvgIpc) is 2.67. The summed E-state index contributed by atoms with van der Waals surface area (Å²) in [5, 5.41) is 0.603. The van der Waals surface area contributed by atoms with Crippen LogP contribution in [0.1, 0.15) is 12.0 Å². The summed E-state index contributed by atoms with van der Waals surface area (Å²) in [7, 11) is 1.34. The second kappa shape index (κ2) is 10.5. The summed E-state index contributed by atoms with van der Waals surface area (Å²) >= 11 is 5.83. The van der Waals surface area contributed by atoms with Crippen molar-refractivity contribution in [1.29, 1.82) is 0 Å². The number of methoxy groups -OCH3 is 1. The fraction of sp³-hybridized carbons (Fsp3) is 0.300. The van der Waals surface area contributed by atoms with E-state index in [1.165, 1.54) is 7.11 Å². The van der Waals surface area contributed by atoms with Gasteiger partial charge in [0.05, 0.1) is 13.5 Å². The van der Waals surface area contributed by atoms with E-state index in [-0.39, 0.29) is 24.9 Å². The summed E-state index contributed by atoms with van der Waals surface area (Å²) in [6, 6.07) is 16.7. The number of benzene rings is 2. The Kier molecular flexibility index (Phi) is 7.96. The van der Waals surface area contributed by atoms with Crippen molar-refractivity contribution in [2.24, 2.45) is 0 Å². The molecule has 1 amide bonds. The standard InChI is InChI=1S/C20H22ClNO4/c1-25-20(24)12-14-22(13-11-16-5-3-2-4-6-16)19(23)15-26-18-9-7-17(21)8-10-18/h2-10H,11-15H2,1H3. The molecule has 0 radical (unpaired) electrons. The molecule has 0 fully saturated rings. The van der Waals surface area contributed by atoms with Gasteiger partial charge in [0.1, 0.15) is 5.75 Å². The van der Waals surface area contributed by atoms with E-state index in [9.17, 15) is 9.59 Å². The molecule has 26 heavy (non-hydrogen) atoms. The Bertz CT molecular complexity index is 704. The Balaban J connectivity index is 1.92. The van der Waals surface area contributed by atoms with Crippen LogP contribution in [0, 0.1) is 0 Å². The molecule has 0 aromatic heterocycles. The number of carbonyl (C=O) groups is 2. The Morgan fingerprint density at radius 2 is 1.69 bits per heavy atom. The highest BCUT2D eigenvalue weighted by Crippen LogP contribution is 2.15. The maximum Gasteiger partial charge on any atom is 0.307 e. The molecule has 2 aromatic carbocycles. The monoisotopic (exact) mass is 375 g/mol. The van der Waals surface area contributed by atoms with Gasteiger partial charge in [0.15, 0.2) is 6.61 Å². The van der Waals surface area contributed by atoms with Crippen LogP contribution in [0.2, 0.25) is 5.02 Å². The summed E-state index contributed by atoms with van der Waals surface area (Å²) < 4.78 is 10.2. The number of amides is 1. The number of carbonyl (C=O) groups excluding carboxylic acids is 2. The van der Waals surface area contributed by atoms with Crippen LogP contribution in [-0.4, -0.2) is 43.6 Å². The molecule has 0 aliphatic heterocycles. The van der Waals surface area contributed by atoms with Crippen LogP contribution in [0.3, 0.4) is 0 Å². The summed E-state index contributed by atoms with van der Waals surface area (Å²) in [5.41, 5.74) is 1.13. The maximum atomic E-state index is 12.5. The molecule has 0 N–H and O–H groups in total. The molecule has 0 saturated carbocycles. The van der Waals surface area contributed by atoms with Crippen LogP contribution in [0.5, 0.6) is 5.75 Å². The minimum absolute atomic E-state index is 0.0996. The van der Waals surface area contributed by atoms with E-state index in [2.05, 4.69) is 4.74 Å². The SMILES string of the molecule is COC(=O)CCN(CCc1ccccc1)C(=O)COc1ccc(Cl)cc1. The molecule has 2 rings (SSSR count). The van der Waals surface area contributed by atoms with E-state index in [0.717, 1.165) is 5.56 Å². The van der Waals surface area contributed by atoms with Gasteiger partial charge in [-0.05, 0) is 36.2 Å². The van der Waals surface area contributed by atoms with E-state index >= 15 is 0 Å². The quantitative estimate of drug-likeness (QED) is 0.631. The van der Waals surface area contributed by atoms with E-state index in [1.807, 2.05) is 30.3 Å². The van der Waals surface area contributed by atoms with Crippen molar-refractivity contribution >= 4 is 23.5 Å². The van der Waals surface area contributed by atoms with Crippen molar-refractivity contribution in [2.75, 3.05) is 26.8 Å². The number of hydrogen-bond donors (Lipinski definition) is 0. The molecule has 0 spiro atoms. The highest BCUT2D eigenvalue weighted by atomic mass is 35.5. The number of nitrogens with zero attached hydrogens (tertiary/aromatic N) is 1. The van der Waals surface area contributed by atoms with Gasteiger partial charge < -0.3 is 14.4 Å². The topological polar surface area (TPSA) is 55.8 Å². The van der Waals surface area contributed by atoms with E-state index in [1.54, 1.807) is 29.2 Å². The molecule has 2 aromatic rings. The Morgan fingerprint density at radius 1 is 1.00 bits per heavy atom. The predicted molar refractivity (Wildman–Crippen MR) is 100 cm³/mol. The predicted octanol–water partition coefficient (Wildman–Crippen LogP) is 3.35. The second-order valence-electron chi connectivity index (χ2n) is 5.69. The minimum Gasteiger partial charge on any atom is -0.484 e. The summed E-state index contributed by atoms with van der Waals surface area (Å²) in [5.74, 6) is 0.0413. The van der Waals surface area contributed by atoms with Crippen molar-refractivity contribution in [3.8, 4) is 5.75 Å². The first kappa shape index (κ1) is 19.8. The molecule has 0 aliphatic rings. The third kappa shape index (κ3) is 6.76. The van der Waals surface area contributed by atoms with Crippen LogP contribution >= 0.6 is 11.6 Å². The molecule has 0 atom stereocenters. The van der Waals surface area contributed by atoms with Crippen molar-refractivity contribution in [3.63, 3.8) is 0 Å². The Hall–Kier alpha value is -2.53. The zero-order chi connectivity index (χ0) is 18.8. The zero-order valence-corrected chi connectivity index (χ0v) is 15.4. The third-order valence-corrected chi connectivity index (χ3v) is 4.11. The third-order valence-electron chi connectivity index (χ3n) is 3.86. The van der Waals surface area contributed by atoms with Crippen LogP contribution in [0.4, 0.5) is 0 Å². The fourth-order valence-electron chi connectivity index (χ4n) is 2.37. The van der Waals surface area contributed by atoms with Crippen molar-refractivity contribution in [2.45, 2.75) is 12.8 Å². The van der Waals surface area contributed by atoms with Crippen LogP contribution in [0.25, 0.3) is 0 Å². The van der Waals surface area contributed by atoms with Gasteiger partial charge >= 0.3 is 5.97 Å². The Morgan fingerprint density at radius 3 is 2.35 bits per heavy atom. The molecular weight excluding hydrogens is 354 g/mol. The molecular formula is C20H22ClNO4. The summed E-state index contributed by atoms with van der Waals surface area (Å²) in [4.78, 5) is 25.6. The van der Waals surface area contributed by atoms with E-state index in [4.69, 9.17) is 16.3 Å². The highest BCUT2D eigenvalue weighted by Gasteiger charge is 2.16. The van der Waals surface area contributed by atoms with Crippen LogP contribution in [0.15, 0.2) is 54.6 Å². The number of ether oxygens (including phenoxy) is 2. The molecule has 0 heterocycles. The van der Waals surface area contributed by atoms with E-state index < -0.39 is 0 Å². The zero-order valence-electron chi connectivity index (χ0n) is 14.7. The smallest absolute Gasteiger partial charge is 0.307 e. The van der Waals surface area contributed by atoms with Gasteiger partial charge in [-0.25, -0.2) is 0 Å². The fourth-order valence-corrected chi connectivity index (χ4v) is 2.49. The lowest BCUT2D eigenvalue weighted by Gasteiger charge is -2.22. The second-order valence-corrected chi connectivity index (χ2v) is 6.12. The number of esters is 1. The molecule has 6 heteroatoms. The normalized spacial score (nSPS) is 10.2. The molecule has 0 unspecified atom stereocenters. The molecule has 0 bridgehead atoms. The van der Waals surface area contributed by atoms with E-state index in [0.29, 0.717) is 30.3 Å². The lowest BCUT2D eigenvalue weighted by Crippen LogP contribution is -2.38. The van der Waals surface area contributed by atoms with Gasteiger partial charge in [0, 0.05) is 18.1 Å². The Labute approximate surface area is 158 Å². The largest absolute Gasteiger partial charge is 0.484 e.